The molecule has 0 aliphatic carbocycles. The van der Waals surface area contributed by atoms with Gasteiger partial charge in [0.05, 0.1) is 22.5 Å². The first kappa shape index (κ1) is 20.1. The third-order valence-corrected chi connectivity index (χ3v) is 6.12. The van der Waals surface area contributed by atoms with Crippen molar-refractivity contribution in [3.05, 3.63) is 58.1 Å². The molecule has 3 rings (SSSR count). The highest BCUT2D eigenvalue weighted by molar-refractivity contribution is 8.01. The lowest BCUT2D eigenvalue weighted by atomic mass is 10.1. The first-order chi connectivity index (χ1) is 13.0. The molecular formula is C20H20Cl2N2O2S. The van der Waals surface area contributed by atoms with Crippen LogP contribution < -0.4 is 5.32 Å². The molecule has 0 bridgehead atoms. The van der Waals surface area contributed by atoms with E-state index in [9.17, 15) is 9.59 Å². The van der Waals surface area contributed by atoms with Crippen LogP contribution in [0.2, 0.25) is 10.0 Å². The third kappa shape index (κ3) is 4.98. The number of nitrogens with one attached hydrogen (secondary N) is 1. The van der Waals surface area contributed by atoms with Gasteiger partial charge in [-0.3, -0.25) is 9.59 Å². The summed E-state index contributed by atoms with van der Waals surface area (Å²) in [5.74, 6) is -0.281. The molecule has 1 heterocycles. The lowest BCUT2D eigenvalue weighted by Crippen LogP contribution is -2.42. The number of halogens is 2. The first-order valence-electron chi connectivity index (χ1n) is 8.76. The van der Waals surface area contributed by atoms with Crippen LogP contribution in [0.15, 0.2) is 47.4 Å². The molecular weight excluding hydrogens is 403 g/mol. The van der Waals surface area contributed by atoms with Gasteiger partial charge in [-0.25, -0.2) is 0 Å². The van der Waals surface area contributed by atoms with E-state index >= 15 is 0 Å². The number of amides is 2. The van der Waals surface area contributed by atoms with Gasteiger partial charge in [0.1, 0.15) is 0 Å². The van der Waals surface area contributed by atoms with Crippen molar-refractivity contribution in [2.24, 2.45) is 0 Å². The van der Waals surface area contributed by atoms with Gasteiger partial charge in [0, 0.05) is 16.5 Å². The fourth-order valence-electron chi connectivity index (χ4n) is 3.01. The highest BCUT2D eigenvalue weighted by Gasteiger charge is 2.31. The largest absolute Gasteiger partial charge is 0.332 e. The molecule has 0 saturated heterocycles. The fraction of sp³-hybridized carbons (Fsp3) is 0.300. The van der Waals surface area contributed by atoms with Crippen molar-refractivity contribution in [3.8, 4) is 0 Å². The molecule has 1 atom stereocenters. The molecule has 0 spiro atoms. The highest BCUT2D eigenvalue weighted by atomic mass is 35.5. The van der Waals surface area contributed by atoms with E-state index in [0.29, 0.717) is 28.7 Å². The third-order valence-electron chi connectivity index (χ3n) is 4.27. The zero-order valence-corrected chi connectivity index (χ0v) is 17.2. The van der Waals surface area contributed by atoms with Gasteiger partial charge < -0.3 is 10.2 Å². The number of anilines is 1. The number of carbonyl (C=O) groups excluding carboxylic acids is 2. The van der Waals surface area contributed by atoms with Gasteiger partial charge in [0.15, 0.2) is 0 Å². The first-order valence-corrected chi connectivity index (χ1v) is 10.4. The van der Waals surface area contributed by atoms with Crippen LogP contribution in [0, 0.1) is 0 Å². The summed E-state index contributed by atoms with van der Waals surface area (Å²) in [7, 11) is 0. The van der Waals surface area contributed by atoms with E-state index in [1.807, 2.05) is 25.1 Å². The van der Waals surface area contributed by atoms with Crippen LogP contribution in [0.3, 0.4) is 0 Å². The van der Waals surface area contributed by atoms with Gasteiger partial charge in [0.2, 0.25) is 11.8 Å². The zero-order chi connectivity index (χ0) is 19.4. The van der Waals surface area contributed by atoms with Crippen molar-refractivity contribution in [1.82, 2.24) is 4.90 Å². The number of hydrogen-bond donors (Lipinski definition) is 1. The Labute approximate surface area is 173 Å². The van der Waals surface area contributed by atoms with E-state index in [1.165, 1.54) is 5.56 Å². The predicted molar refractivity (Wildman–Crippen MR) is 112 cm³/mol. The average molecular weight is 423 g/mol. The molecule has 0 aromatic heterocycles. The van der Waals surface area contributed by atoms with Gasteiger partial charge in [-0.2, -0.15) is 0 Å². The van der Waals surface area contributed by atoms with Gasteiger partial charge in [0.25, 0.3) is 0 Å². The van der Waals surface area contributed by atoms with Crippen LogP contribution in [0.4, 0.5) is 5.69 Å². The second-order valence-electron chi connectivity index (χ2n) is 6.35. The molecule has 1 aliphatic heterocycles. The summed E-state index contributed by atoms with van der Waals surface area (Å²) in [5, 5.41) is 3.44. The van der Waals surface area contributed by atoms with E-state index in [0.717, 1.165) is 11.3 Å². The van der Waals surface area contributed by atoms with Gasteiger partial charge >= 0.3 is 0 Å². The molecule has 0 fully saturated rings. The van der Waals surface area contributed by atoms with E-state index in [4.69, 9.17) is 23.2 Å². The summed E-state index contributed by atoms with van der Waals surface area (Å²) in [6, 6.07) is 12.9. The van der Waals surface area contributed by atoms with Crippen molar-refractivity contribution >= 4 is 52.5 Å². The Morgan fingerprint density at radius 2 is 2.00 bits per heavy atom. The lowest BCUT2D eigenvalue weighted by Gasteiger charge is -2.24. The predicted octanol–water partition coefficient (Wildman–Crippen LogP) is 4.89. The number of rotatable bonds is 6. The molecule has 1 aliphatic rings. The van der Waals surface area contributed by atoms with Crippen LogP contribution in [0.1, 0.15) is 18.9 Å². The minimum Gasteiger partial charge on any atom is -0.332 e. The van der Waals surface area contributed by atoms with Crippen LogP contribution in [0.5, 0.6) is 0 Å². The van der Waals surface area contributed by atoms with Gasteiger partial charge in [-0.15, -0.1) is 11.8 Å². The molecule has 142 valence electrons. The highest BCUT2D eigenvalue weighted by Crippen LogP contribution is 2.37. The van der Waals surface area contributed by atoms with E-state index in [-0.39, 0.29) is 23.6 Å². The van der Waals surface area contributed by atoms with Crippen molar-refractivity contribution in [2.45, 2.75) is 29.9 Å². The normalized spacial score (nSPS) is 15.3. The van der Waals surface area contributed by atoms with Crippen molar-refractivity contribution in [1.29, 1.82) is 0 Å². The Hall–Kier alpha value is -1.69. The second-order valence-corrected chi connectivity index (χ2v) is 8.44. The maximum atomic E-state index is 13.0. The minimum absolute atomic E-state index is 0.000958. The molecule has 2 aromatic rings. The molecule has 1 N–H and O–H groups in total. The molecule has 7 heteroatoms. The molecule has 4 nitrogen and oxygen atoms in total. The summed E-state index contributed by atoms with van der Waals surface area (Å²) in [6.45, 7) is 2.53. The number of fused-ring (bicyclic) bond motifs is 1. The maximum absolute atomic E-state index is 13.0. The maximum Gasteiger partial charge on any atom is 0.244 e. The molecule has 2 amide bonds. The summed E-state index contributed by atoms with van der Waals surface area (Å²) < 4.78 is 0. The number of benzene rings is 2. The van der Waals surface area contributed by atoms with E-state index < -0.39 is 0 Å². The number of hydrogen-bond acceptors (Lipinski definition) is 3. The van der Waals surface area contributed by atoms with Crippen molar-refractivity contribution in [3.63, 3.8) is 0 Å². The molecule has 0 unspecified atom stereocenters. The van der Waals surface area contributed by atoms with Crippen LogP contribution in [-0.4, -0.2) is 35.1 Å². The fourth-order valence-corrected chi connectivity index (χ4v) is 4.75. The van der Waals surface area contributed by atoms with Crippen LogP contribution in [0.25, 0.3) is 0 Å². The Kier molecular flexibility index (Phi) is 6.68. The van der Waals surface area contributed by atoms with E-state index in [1.54, 1.807) is 34.9 Å². The number of thioether (sulfide) groups is 1. The average Bonchev–Trinajstić information content (AvgIpc) is 3.07. The Balaban J connectivity index is 1.65. The molecule has 0 radical (unpaired) electrons. The summed E-state index contributed by atoms with van der Waals surface area (Å²) in [4.78, 5) is 28.2. The van der Waals surface area contributed by atoms with Gasteiger partial charge in [-0.1, -0.05) is 48.3 Å². The second kappa shape index (κ2) is 9.00. The summed E-state index contributed by atoms with van der Waals surface area (Å²) in [5.41, 5.74) is 1.67. The number of carbonyl (C=O) groups is 2. The zero-order valence-electron chi connectivity index (χ0n) is 14.9. The minimum atomic E-state index is -0.276. The number of nitrogens with zero attached hydrogens (tertiary/aromatic N) is 1. The molecule has 27 heavy (non-hydrogen) atoms. The Bertz CT molecular complexity index is 835. The van der Waals surface area contributed by atoms with Crippen molar-refractivity contribution in [2.75, 3.05) is 18.4 Å². The Morgan fingerprint density at radius 3 is 2.70 bits per heavy atom. The molecule has 0 saturated carbocycles. The van der Waals surface area contributed by atoms with Crippen LogP contribution in [-0.2, 0) is 16.0 Å². The smallest absolute Gasteiger partial charge is 0.244 e. The standard InChI is InChI=1S/C20H20Cl2N2O2S/c1-2-9-24(12-19(25)23-16-8-7-14(21)11-15(16)22)20(26)18-10-13-5-3-4-6-17(13)27-18/h3-8,11,18H,2,9-10,12H2,1H3,(H,23,25)/t18-/m1/s1. The summed E-state index contributed by atoms with van der Waals surface area (Å²) in [6.07, 6.45) is 1.48. The quantitative estimate of drug-likeness (QED) is 0.720. The monoisotopic (exact) mass is 422 g/mol. The summed E-state index contributed by atoms with van der Waals surface area (Å²) >= 11 is 13.6. The topological polar surface area (TPSA) is 49.4 Å². The van der Waals surface area contributed by atoms with Crippen LogP contribution >= 0.6 is 35.0 Å². The van der Waals surface area contributed by atoms with Gasteiger partial charge in [-0.05, 0) is 42.7 Å². The van der Waals surface area contributed by atoms with Crippen molar-refractivity contribution < 1.29 is 9.59 Å². The molecule has 2 aromatic carbocycles. The lowest BCUT2D eigenvalue weighted by molar-refractivity contribution is -0.134. The Morgan fingerprint density at radius 1 is 1.22 bits per heavy atom. The van der Waals surface area contributed by atoms with E-state index in [2.05, 4.69) is 11.4 Å². The SMILES string of the molecule is CCCN(CC(=O)Nc1ccc(Cl)cc1Cl)C(=O)[C@H]1Cc2ccccc2S1.